The van der Waals surface area contributed by atoms with Crippen molar-refractivity contribution in [3.8, 4) is 0 Å². The van der Waals surface area contributed by atoms with E-state index in [0.717, 1.165) is 11.1 Å². The largest absolute Gasteiger partial charge is 0.480 e. The third-order valence-electron chi connectivity index (χ3n) is 3.04. The number of carboxylic acid groups (broad SMARTS) is 1. The molecule has 114 valence electrons. The number of hydrogen-bond acceptors (Lipinski definition) is 3. The molecule has 0 aliphatic rings. The highest BCUT2D eigenvalue weighted by Crippen LogP contribution is 2.07. The topological polar surface area (TPSA) is 109 Å². The molecule has 0 radical (unpaired) electrons. The fraction of sp³-hybridized carbons (Fsp3) is 0.400. The smallest absolute Gasteiger partial charge is 0.326 e. The van der Waals surface area contributed by atoms with Gasteiger partial charge in [0.1, 0.15) is 6.04 Å². The van der Waals surface area contributed by atoms with Crippen LogP contribution in [0.4, 0.5) is 0 Å². The maximum Gasteiger partial charge on any atom is 0.326 e. The summed E-state index contributed by atoms with van der Waals surface area (Å²) in [5, 5.41) is 11.4. The van der Waals surface area contributed by atoms with Gasteiger partial charge in [0.25, 0.3) is 0 Å². The first-order valence-electron chi connectivity index (χ1n) is 6.74. The Labute approximate surface area is 123 Å². The number of nitrogens with two attached hydrogens (primary N) is 1. The molecule has 1 atom stereocenters. The third kappa shape index (κ3) is 6.56. The standard InChI is InChI=1S/C15H20N2O4/c1-10-3-2-4-11(9-10)5-8-14(19)17-12(15(20)21)6-7-13(16)18/h2-4,9,12H,5-8H2,1H3,(H2,16,18)(H,17,19)(H,20,21). The normalized spacial score (nSPS) is 11.7. The molecule has 6 nitrogen and oxygen atoms in total. The maximum absolute atomic E-state index is 11.8. The summed E-state index contributed by atoms with van der Waals surface area (Å²) < 4.78 is 0. The van der Waals surface area contributed by atoms with Gasteiger partial charge in [-0.3, -0.25) is 9.59 Å². The number of hydrogen-bond donors (Lipinski definition) is 3. The van der Waals surface area contributed by atoms with E-state index in [1.165, 1.54) is 0 Å². The average Bonchev–Trinajstić information content (AvgIpc) is 2.40. The van der Waals surface area contributed by atoms with E-state index in [0.29, 0.717) is 6.42 Å². The Hall–Kier alpha value is -2.37. The molecule has 21 heavy (non-hydrogen) atoms. The van der Waals surface area contributed by atoms with E-state index in [2.05, 4.69) is 5.32 Å². The Balaban J connectivity index is 2.46. The molecule has 0 bridgehead atoms. The average molecular weight is 292 g/mol. The molecule has 4 N–H and O–H groups in total. The van der Waals surface area contributed by atoms with E-state index >= 15 is 0 Å². The Kier molecular flexibility index (Phi) is 6.39. The molecule has 2 amide bonds. The molecular formula is C15H20N2O4. The number of carbonyl (C=O) groups excluding carboxylic acids is 2. The second-order valence-corrected chi connectivity index (χ2v) is 4.95. The van der Waals surface area contributed by atoms with Gasteiger partial charge in [-0.2, -0.15) is 0 Å². The van der Waals surface area contributed by atoms with Crippen molar-refractivity contribution in [2.45, 2.75) is 38.6 Å². The predicted molar refractivity (Wildman–Crippen MR) is 77.5 cm³/mol. The lowest BCUT2D eigenvalue weighted by Gasteiger charge is -2.13. The van der Waals surface area contributed by atoms with Crippen molar-refractivity contribution in [3.05, 3.63) is 35.4 Å². The minimum Gasteiger partial charge on any atom is -0.480 e. The van der Waals surface area contributed by atoms with Gasteiger partial charge in [-0.1, -0.05) is 29.8 Å². The molecule has 0 saturated carbocycles. The van der Waals surface area contributed by atoms with E-state index in [9.17, 15) is 14.4 Å². The fourth-order valence-corrected chi connectivity index (χ4v) is 1.94. The van der Waals surface area contributed by atoms with E-state index in [4.69, 9.17) is 10.8 Å². The van der Waals surface area contributed by atoms with E-state index < -0.39 is 17.9 Å². The van der Waals surface area contributed by atoms with Crippen molar-refractivity contribution in [2.75, 3.05) is 0 Å². The van der Waals surface area contributed by atoms with Gasteiger partial charge in [-0.15, -0.1) is 0 Å². The number of benzene rings is 1. The number of carbonyl (C=O) groups is 3. The molecule has 0 heterocycles. The highest BCUT2D eigenvalue weighted by molar-refractivity contribution is 5.84. The molecule has 0 fully saturated rings. The summed E-state index contributed by atoms with van der Waals surface area (Å²) in [5.41, 5.74) is 7.11. The van der Waals surface area contributed by atoms with Gasteiger partial charge in [0.2, 0.25) is 11.8 Å². The summed E-state index contributed by atoms with van der Waals surface area (Å²) in [6.45, 7) is 1.97. The summed E-state index contributed by atoms with van der Waals surface area (Å²) in [7, 11) is 0. The van der Waals surface area contributed by atoms with Crippen LogP contribution in [0.2, 0.25) is 0 Å². The lowest BCUT2D eigenvalue weighted by Crippen LogP contribution is -2.41. The number of rotatable bonds is 8. The minimum atomic E-state index is -1.17. The molecule has 0 aromatic heterocycles. The van der Waals surface area contributed by atoms with Crippen LogP contribution < -0.4 is 11.1 Å². The summed E-state index contributed by atoms with van der Waals surface area (Å²) in [6, 6.07) is 6.70. The van der Waals surface area contributed by atoms with E-state index in [1.807, 2.05) is 31.2 Å². The van der Waals surface area contributed by atoms with Crippen LogP contribution in [-0.4, -0.2) is 28.9 Å². The first kappa shape index (κ1) is 16.7. The van der Waals surface area contributed by atoms with Gasteiger partial charge in [-0.05, 0) is 25.3 Å². The summed E-state index contributed by atoms with van der Waals surface area (Å²) >= 11 is 0. The maximum atomic E-state index is 11.8. The third-order valence-corrected chi connectivity index (χ3v) is 3.04. The molecule has 1 aromatic rings. The lowest BCUT2D eigenvalue weighted by atomic mass is 10.1. The van der Waals surface area contributed by atoms with E-state index in [1.54, 1.807) is 0 Å². The van der Waals surface area contributed by atoms with Gasteiger partial charge >= 0.3 is 5.97 Å². The number of carboxylic acids is 1. The van der Waals surface area contributed by atoms with Crippen LogP contribution in [0.5, 0.6) is 0 Å². The molecular weight excluding hydrogens is 272 g/mol. The van der Waals surface area contributed by atoms with Crippen LogP contribution >= 0.6 is 0 Å². The highest BCUT2D eigenvalue weighted by atomic mass is 16.4. The van der Waals surface area contributed by atoms with Crippen LogP contribution in [0, 0.1) is 6.92 Å². The van der Waals surface area contributed by atoms with Gasteiger partial charge < -0.3 is 16.2 Å². The Morgan fingerprint density at radius 3 is 2.57 bits per heavy atom. The molecule has 1 aromatic carbocycles. The van der Waals surface area contributed by atoms with Gasteiger partial charge in [-0.25, -0.2) is 4.79 Å². The zero-order chi connectivity index (χ0) is 15.8. The predicted octanol–water partition coefficient (Wildman–Crippen LogP) is 0.763. The first-order chi connectivity index (χ1) is 9.88. The fourth-order valence-electron chi connectivity index (χ4n) is 1.94. The summed E-state index contributed by atoms with van der Waals surface area (Å²) in [5.74, 6) is -2.11. The van der Waals surface area contributed by atoms with Crippen molar-refractivity contribution in [3.63, 3.8) is 0 Å². The highest BCUT2D eigenvalue weighted by Gasteiger charge is 2.20. The number of aliphatic carboxylic acids is 1. The molecule has 0 spiro atoms. The van der Waals surface area contributed by atoms with Crippen LogP contribution in [-0.2, 0) is 20.8 Å². The zero-order valence-corrected chi connectivity index (χ0v) is 12.0. The lowest BCUT2D eigenvalue weighted by molar-refractivity contribution is -0.142. The molecule has 1 unspecified atom stereocenters. The van der Waals surface area contributed by atoms with E-state index in [-0.39, 0.29) is 25.2 Å². The Morgan fingerprint density at radius 1 is 1.29 bits per heavy atom. The van der Waals surface area contributed by atoms with Crippen LogP contribution in [0.25, 0.3) is 0 Å². The minimum absolute atomic E-state index is 0.000845. The zero-order valence-electron chi connectivity index (χ0n) is 12.0. The molecule has 0 aliphatic heterocycles. The Morgan fingerprint density at radius 2 is 2.00 bits per heavy atom. The van der Waals surface area contributed by atoms with Crippen molar-refractivity contribution < 1.29 is 19.5 Å². The van der Waals surface area contributed by atoms with Crippen molar-refractivity contribution in [2.24, 2.45) is 5.73 Å². The molecule has 1 rings (SSSR count). The second-order valence-electron chi connectivity index (χ2n) is 4.95. The second kappa shape index (κ2) is 8.04. The number of aryl methyl sites for hydroxylation is 2. The molecule has 0 saturated heterocycles. The van der Waals surface area contributed by atoms with Gasteiger partial charge in [0.15, 0.2) is 0 Å². The van der Waals surface area contributed by atoms with Crippen molar-refractivity contribution >= 4 is 17.8 Å². The van der Waals surface area contributed by atoms with Gasteiger partial charge in [0, 0.05) is 12.8 Å². The number of nitrogens with one attached hydrogen (secondary N) is 1. The molecule has 0 aliphatic carbocycles. The quantitative estimate of drug-likeness (QED) is 0.657. The van der Waals surface area contributed by atoms with Crippen LogP contribution in [0.15, 0.2) is 24.3 Å². The SMILES string of the molecule is Cc1cccc(CCC(=O)NC(CCC(N)=O)C(=O)O)c1. The van der Waals surface area contributed by atoms with Crippen molar-refractivity contribution in [1.29, 1.82) is 0 Å². The van der Waals surface area contributed by atoms with Gasteiger partial charge in [0.05, 0.1) is 0 Å². The monoisotopic (exact) mass is 292 g/mol. The van der Waals surface area contributed by atoms with Crippen LogP contribution in [0.1, 0.15) is 30.4 Å². The molecule has 6 heteroatoms. The summed E-state index contributed by atoms with van der Waals surface area (Å²) in [4.78, 5) is 33.4. The number of amides is 2. The van der Waals surface area contributed by atoms with Crippen molar-refractivity contribution in [1.82, 2.24) is 5.32 Å². The number of primary amides is 1. The van der Waals surface area contributed by atoms with Crippen LogP contribution in [0.3, 0.4) is 0 Å². The summed E-state index contributed by atoms with van der Waals surface area (Å²) in [6.07, 6.45) is 0.662. The first-order valence-corrected chi connectivity index (χ1v) is 6.74. The Bertz CT molecular complexity index is 528.